The fraction of sp³-hybridized carbons (Fsp3) is 0.556. The average Bonchev–Trinajstić information content (AvgIpc) is 2.55. The zero-order valence-corrected chi connectivity index (χ0v) is 11.5. The van der Waals surface area contributed by atoms with E-state index >= 15 is 0 Å². The quantitative estimate of drug-likeness (QED) is 0.830. The lowest BCUT2D eigenvalue weighted by molar-refractivity contribution is 0.510. The molecule has 0 aliphatic rings. The molecule has 1 aromatic rings. The maximum atomic E-state index is 12.0. The van der Waals surface area contributed by atoms with Gasteiger partial charge in [0, 0.05) is 14.1 Å². The molecular formula is C9H13ClN4O2S. The Morgan fingerprint density at radius 2 is 2.00 bits per heavy atom. The second-order valence-corrected chi connectivity index (χ2v) is 6.28. The fourth-order valence-electron chi connectivity index (χ4n) is 1.21. The summed E-state index contributed by atoms with van der Waals surface area (Å²) in [4.78, 5) is 3.94. The van der Waals surface area contributed by atoms with Crippen molar-refractivity contribution < 1.29 is 8.42 Å². The van der Waals surface area contributed by atoms with Crippen molar-refractivity contribution in [1.82, 2.24) is 13.3 Å². The van der Waals surface area contributed by atoms with Gasteiger partial charge in [0.15, 0.2) is 0 Å². The van der Waals surface area contributed by atoms with Crippen LogP contribution in [0, 0.1) is 11.3 Å². The maximum Gasteiger partial charge on any atom is 0.310 e. The van der Waals surface area contributed by atoms with E-state index in [1.807, 2.05) is 13.8 Å². The van der Waals surface area contributed by atoms with Crippen molar-refractivity contribution in [2.75, 3.05) is 14.1 Å². The Bertz CT molecular complexity index is 569. The van der Waals surface area contributed by atoms with Crippen LogP contribution in [0.2, 0.25) is 5.15 Å². The van der Waals surface area contributed by atoms with Crippen LogP contribution >= 0.6 is 11.6 Å². The number of nitriles is 1. The van der Waals surface area contributed by atoms with Crippen LogP contribution in [0.4, 0.5) is 0 Å². The number of hydrogen-bond acceptors (Lipinski definition) is 4. The van der Waals surface area contributed by atoms with E-state index in [0.29, 0.717) is 5.69 Å². The molecule has 8 heteroatoms. The summed E-state index contributed by atoms with van der Waals surface area (Å²) in [7, 11) is -1.10. The highest BCUT2D eigenvalue weighted by Crippen LogP contribution is 2.26. The Hall–Kier alpha value is -1.10. The Labute approximate surface area is 106 Å². The normalized spacial score (nSPS) is 12.1. The SMILES string of the molecule is CC(C)c1nc(C#N)n(S(=O)(=O)N(C)C)c1Cl. The van der Waals surface area contributed by atoms with Gasteiger partial charge >= 0.3 is 10.2 Å². The number of imidazole rings is 1. The van der Waals surface area contributed by atoms with Gasteiger partial charge in [-0.05, 0) is 5.92 Å². The molecule has 0 bridgehead atoms. The van der Waals surface area contributed by atoms with Crippen molar-refractivity contribution in [3.63, 3.8) is 0 Å². The minimum absolute atomic E-state index is 0.0368. The summed E-state index contributed by atoms with van der Waals surface area (Å²) >= 11 is 5.98. The molecule has 0 N–H and O–H groups in total. The Balaban J connectivity index is 3.61. The summed E-state index contributed by atoms with van der Waals surface area (Å²) in [5.41, 5.74) is 0.397. The predicted molar refractivity (Wildman–Crippen MR) is 64.0 cm³/mol. The third-order valence-corrected chi connectivity index (χ3v) is 4.35. The topological polar surface area (TPSA) is 79.0 Å². The van der Waals surface area contributed by atoms with Crippen molar-refractivity contribution in [2.45, 2.75) is 19.8 Å². The molecule has 0 saturated heterocycles. The van der Waals surface area contributed by atoms with Crippen molar-refractivity contribution in [1.29, 1.82) is 5.26 Å². The molecule has 0 aromatic carbocycles. The first-order valence-electron chi connectivity index (χ1n) is 4.84. The van der Waals surface area contributed by atoms with E-state index in [4.69, 9.17) is 16.9 Å². The zero-order chi connectivity index (χ0) is 13.4. The van der Waals surface area contributed by atoms with E-state index in [2.05, 4.69) is 4.98 Å². The van der Waals surface area contributed by atoms with Crippen LogP contribution in [0.1, 0.15) is 31.3 Å². The van der Waals surface area contributed by atoms with E-state index in [9.17, 15) is 8.42 Å². The van der Waals surface area contributed by atoms with E-state index < -0.39 is 10.2 Å². The average molecular weight is 277 g/mol. The molecule has 0 saturated carbocycles. The Kier molecular flexibility index (Phi) is 3.81. The standard InChI is InChI=1S/C9H13ClN4O2S/c1-6(2)8-9(10)14(7(5-11)12-8)17(15,16)13(3)4/h6H,1-4H3. The second-order valence-electron chi connectivity index (χ2n) is 3.93. The molecule has 0 radical (unpaired) electrons. The van der Waals surface area contributed by atoms with Gasteiger partial charge in [0.1, 0.15) is 11.2 Å². The molecule has 1 heterocycles. The van der Waals surface area contributed by atoms with Gasteiger partial charge in [-0.25, -0.2) is 4.98 Å². The number of nitrogens with zero attached hydrogens (tertiary/aromatic N) is 4. The van der Waals surface area contributed by atoms with Gasteiger partial charge < -0.3 is 0 Å². The van der Waals surface area contributed by atoms with E-state index in [1.165, 1.54) is 14.1 Å². The highest BCUT2D eigenvalue weighted by Gasteiger charge is 2.27. The summed E-state index contributed by atoms with van der Waals surface area (Å²) in [6, 6.07) is 1.73. The molecule has 0 amide bonds. The molecule has 0 fully saturated rings. The van der Waals surface area contributed by atoms with Crippen LogP contribution in [0.3, 0.4) is 0 Å². The molecular weight excluding hydrogens is 264 g/mol. The molecule has 0 atom stereocenters. The van der Waals surface area contributed by atoms with E-state index in [0.717, 1.165) is 8.28 Å². The highest BCUT2D eigenvalue weighted by molar-refractivity contribution is 7.87. The first kappa shape index (κ1) is 14.0. The van der Waals surface area contributed by atoms with E-state index in [1.54, 1.807) is 6.07 Å². The van der Waals surface area contributed by atoms with Crippen LogP contribution in [-0.2, 0) is 10.2 Å². The largest absolute Gasteiger partial charge is 0.310 e. The van der Waals surface area contributed by atoms with Crippen molar-refractivity contribution >= 4 is 21.8 Å². The summed E-state index contributed by atoms with van der Waals surface area (Å²) in [5, 5.41) is 8.87. The Morgan fingerprint density at radius 3 is 2.35 bits per heavy atom. The van der Waals surface area contributed by atoms with Crippen LogP contribution < -0.4 is 0 Å². The second kappa shape index (κ2) is 4.64. The molecule has 0 aliphatic heterocycles. The van der Waals surface area contributed by atoms with Gasteiger partial charge in [-0.2, -0.15) is 22.0 Å². The summed E-state index contributed by atoms with van der Waals surface area (Å²) in [6.45, 7) is 3.64. The first-order valence-corrected chi connectivity index (χ1v) is 6.62. The van der Waals surface area contributed by atoms with Crippen molar-refractivity contribution in [2.24, 2.45) is 0 Å². The van der Waals surface area contributed by atoms with E-state index in [-0.39, 0.29) is 16.9 Å². The van der Waals surface area contributed by atoms with Gasteiger partial charge in [0.05, 0.1) is 5.69 Å². The van der Waals surface area contributed by atoms with Crippen LogP contribution in [0.15, 0.2) is 0 Å². The van der Waals surface area contributed by atoms with Crippen molar-refractivity contribution in [3.05, 3.63) is 16.7 Å². The lowest BCUT2D eigenvalue weighted by atomic mass is 10.2. The minimum Gasteiger partial charge on any atom is -0.221 e. The van der Waals surface area contributed by atoms with Gasteiger partial charge in [-0.15, -0.1) is 0 Å². The van der Waals surface area contributed by atoms with Gasteiger partial charge in [-0.3, -0.25) is 0 Å². The molecule has 0 spiro atoms. The molecule has 1 rings (SSSR count). The number of hydrogen-bond donors (Lipinski definition) is 0. The highest BCUT2D eigenvalue weighted by atomic mass is 35.5. The molecule has 17 heavy (non-hydrogen) atoms. The van der Waals surface area contributed by atoms with Crippen LogP contribution in [0.5, 0.6) is 0 Å². The first-order chi connectivity index (χ1) is 7.73. The predicted octanol–water partition coefficient (Wildman–Crippen LogP) is 1.19. The number of rotatable bonds is 3. The molecule has 0 unspecified atom stereocenters. The van der Waals surface area contributed by atoms with Crippen LogP contribution in [-0.4, -0.2) is 35.8 Å². The Morgan fingerprint density at radius 1 is 1.47 bits per heavy atom. The lowest BCUT2D eigenvalue weighted by Crippen LogP contribution is -2.29. The van der Waals surface area contributed by atoms with Gasteiger partial charge in [-0.1, -0.05) is 25.4 Å². The third-order valence-electron chi connectivity index (χ3n) is 2.15. The monoisotopic (exact) mass is 276 g/mol. The van der Waals surface area contributed by atoms with Crippen molar-refractivity contribution in [3.8, 4) is 6.07 Å². The zero-order valence-electron chi connectivity index (χ0n) is 9.97. The smallest absolute Gasteiger partial charge is 0.221 e. The van der Waals surface area contributed by atoms with Gasteiger partial charge in [0.25, 0.3) is 0 Å². The maximum absolute atomic E-state index is 12.0. The summed E-state index contributed by atoms with van der Waals surface area (Å²) in [5.74, 6) is -0.291. The number of aromatic nitrogens is 2. The van der Waals surface area contributed by atoms with Gasteiger partial charge in [0.2, 0.25) is 5.82 Å². The summed E-state index contributed by atoms with van der Waals surface area (Å²) < 4.78 is 25.7. The number of halogens is 1. The third kappa shape index (κ3) is 2.29. The van der Waals surface area contributed by atoms with Crippen LogP contribution in [0.25, 0.3) is 0 Å². The minimum atomic E-state index is -3.83. The summed E-state index contributed by atoms with van der Waals surface area (Å²) in [6.07, 6.45) is 0. The molecule has 94 valence electrons. The lowest BCUT2D eigenvalue weighted by Gasteiger charge is -2.13. The molecule has 1 aromatic heterocycles. The molecule has 6 nitrogen and oxygen atoms in total. The fourth-order valence-corrected chi connectivity index (χ4v) is 2.74. The molecule has 0 aliphatic carbocycles.